The first-order valence-electron chi connectivity index (χ1n) is 7.90. The number of Topliss-reactive ketones (excluding diaryl/α,β-unsaturated/α-hetero) is 1. The number of pyridine rings is 1. The molecule has 0 aliphatic heterocycles. The summed E-state index contributed by atoms with van der Waals surface area (Å²) in [5, 5.41) is 2.42. The van der Waals surface area contributed by atoms with Crippen LogP contribution < -0.4 is 10.9 Å². The second-order valence-electron chi connectivity index (χ2n) is 5.72. The predicted molar refractivity (Wildman–Crippen MR) is 91.7 cm³/mol. The van der Waals surface area contributed by atoms with Gasteiger partial charge in [-0.25, -0.2) is 0 Å². The molecule has 2 rings (SSSR count). The van der Waals surface area contributed by atoms with Crippen molar-refractivity contribution >= 4 is 23.3 Å². The SMILES string of the molecule is CC(=O)c1ccc(NC(=O)COC(=O)Cn2cc(C(F)(F)F)ccc2=O)cc1. The summed E-state index contributed by atoms with van der Waals surface area (Å²) in [6, 6.07) is 7.27. The standard InChI is InChI=1S/C18H15F3N2O5/c1-11(24)12-2-5-14(6-3-12)22-15(25)10-28-17(27)9-23-8-13(18(19,20)21)4-7-16(23)26/h2-8H,9-10H2,1H3,(H,22,25). The van der Waals surface area contributed by atoms with E-state index in [-0.39, 0.29) is 5.78 Å². The minimum atomic E-state index is -4.67. The number of ether oxygens (including phenoxy) is 1. The Hall–Kier alpha value is -3.43. The Bertz CT molecular complexity index is 949. The van der Waals surface area contributed by atoms with Gasteiger partial charge in [-0.2, -0.15) is 13.2 Å². The molecule has 10 heteroatoms. The predicted octanol–water partition coefficient (Wildman–Crippen LogP) is 2.25. The molecule has 1 N–H and O–H groups in total. The number of aromatic nitrogens is 1. The van der Waals surface area contributed by atoms with Crippen LogP contribution in [0.1, 0.15) is 22.8 Å². The molecule has 148 valence electrons. The van der Waals surface area contributed by atoms with Crippen molar-refractivity contribution < 1.29 is 32.3 Å². The number of hydrogen-bond donors (Lipinski definition) is 1. The molecule has 1 aromatic heterocycles. The first-order chi connectivity index (χ1) is 13.1. The molecule has 2 aromatic rings. The number of esters is 1. The Morgan fingerprint density at radius 1 is 1.07 bits per heavy atom. The maximum absolute atomic E-state index is 12.7. The monoisotopic (exact) mass is 396 g/mol. The normalized spacial score (nSPS) is 11.0. The number of carbonyl (C=O) groups excluding carboxylic acids is 3. The van der Waals surface area contributed by atoms with E-state index in [1.54, 1.807) is 0 Å². The van der Waals surface area contributed by atoms with Gasteiger partial charge in [-0.05, 0) is 37.3 Å². The molecule has 0 aliphatic rings. The van der Waals surface area contributed by atoms with E-state index in [4.69, 9.17) is 0 Å². The number of benzene rings is 1. The second kappa shape index (κ2) is 8.51. The first kappa shape index (κ1) is 20.9. The number of halogens is 3. The van der Waals surface area contributed by atoms with Crippen LogP contribution in [0.3, 0.4) is 0 Å². The van der Waals surface area contributed by atoms with Crippen LogP contribution in [0.4, 0.5) is 18.9 Å². The molecule has 0 saturated carbocycles. The topological polar surface area (TPSA) is 94.5 Å². The van der Waals surface area contributed by atoms with Crippen LogP contribution >= 0.6 is 0 Å². The summed E-state index contributed by atoms with van der Waals surface area (Å²) in [4.78, 5) is 46.2. The van der Waals surface area contributed by atoms with Crippen LogP contribution in [0.2, 0.25) is 0 Å². The molecule has 0 atom stereocenters. The van der Waals surface area contributed by atoms with Crippen LogP contribution in [0, 0.1) is 0 Å². The summed E-state index contributed by atoms with van der Waals surface area (Å²) in [5.41, 5.74) is -1.09. The minimum Gasteiger partial charge on any atom is -0.454 e. The molecule has 7 nitrogen and oxygen atoms in total. The van der Waals surface area contributed by atoms with Crippen LogP contribution in [0.25, 0.3) is 0 Å². The Kier molecular flexibility index (Phi) is 6.34. The maximum atomic E-state index is 12.7. The molecule has 28 heavy (non-hydrogen) atoms. The number of ketones is 1. The molecule has 0 fully saturated rings. The highest BCUT2D eigenvalue weighted by Gasteiger charge is 2.31. The fourth-order valence-corrected chi connectivity index (χ4v) is 2.14. The van der Waals surface area contributed by atoms with Crippen molar-refractivity contribution in [3.63, 3.8) is 0 Å². The summed E-state index contributed by atoms with van der Waals surface area (Å²) in [6.45, 7) is -0.0763. The third kappa shape index (κ3) is 5.79. The molecule has 1 aromatic carbocycles. The second-order valence-corrected chi connectivity index (χ2v) is 5.72. The Labute approximate surface area is 156 Å². The minimum absolute atomic E-state index is 0.142. The van der Waals surface area contributed by atoms with Crippen molar-refractivity contribution in [1.29, 1.82) is 0 Å². The van der Waals surface area contributed by atoms with Gasteiger partial charge in [0.2, 0.25) is 0 Å². The lowest BCUT2D eigenvalue weighted by Gasteiger charge is -2.11. The van der Waals surface area contributed by atoms with Crippen molar-refractivity contribution in [2.45, 2.75) is 19.6 Å². The van der Waals surface area contributed by atoms with Crippen molar-refractivity contribution in [2.24, 2.45) is 0 Å². The third-order valence-electron chi connectivity index (χ3n) is 3.55. The molecular weight excluding hydrogens is 381 g/mol. The van der Waals surface area contributed by atoms with Crippen molar-refractivity contribution in [1.82, 2.24) is 4.57 Å². The molecule has 0 saturated heterocycles. The van der Waals surface area contributed by atoms with E-state index in [0.717, 1.165) is 0 Å². The molecule has 0 radical (unpaired) electrons. The first-order valence-corrected chi connectivity index (χ1v) is 7.90. The van der Waals surface area contributed by atoms with E-state index in [9.17, 15) is 32.3 Å². The molecule has 0 spiro atoms. The van der Waals surface area contributed by atoms with Gasteiger partial charge in [0, 0.05) is 23.5 Å². The smallest absolute Gasteiger partial charge is 0.417 e. The highest BCUT2D eigenvalue weighted by Crippen LogP contribution is 2.27. The van der Waals surface area contributed by atoms with Gasteiger partial charge in [0.1, 0.15) is 6.54 Å². The summed E-state index contributed by atoms with van der Waals surface area (Å²) < 4.78 is 43.2. The number of hydrogen-bond acceptors (Lipinski definition) is 5. The number of alkyl halides is 3. The molecule has 0 unspecified atom stereocenters. The van der Waals surface area contributed by atoms with Crippen LogP contribution in [-0.4, -0.2) is 28.8 Å². The average molecular weight is 396 g/mol. The number of anilines is 1. The molecule has 1 amide bonds. The van der Waals surface area contributed by atoms with E-state index in [1.165, 1.54) is 31.2 Å². The third-order valence-corrected chi connectivity index (χ3v) is 3.55. The number of carbonyl (C=O) groups is 3. The quantitative estimate of drug-likeness (QED) is 0.597. The zero-order chi connectivity index (χ0) is 20.9. The largest absolute Gasteiger partial charge is 0.454 e. The van der Waals surface area contributed by atoms with Gasteiger partial charge in [-0.15, -0.1) is 0 Å². The fraction of sp³-hybridized carbons (Fsp3) is 0.222. The maximum Gasteiger partial charge on any atom is 0.417 e. The molecular formula is C18H15F3N2O5. The lowest BCUT2D eigenvalue weighted by molar-refractivity contribution is -0.148. The highest BCUT2D eigenvalue weighted by molar-refractivity contribution is 5.96. The van der Waals surface area contributed by atoms with Gasteiger partial charge < -0.3 is 14.6 Å². The van der Waals surface area contributed by atoms with Crippen LogP contribution in [0.5, 0.6) is 0 Å². The van der Waals surface area contributed by atoms with E-state index >= 15 is 0 Å². The van der Waals surface area contributed by atoms with E-state index in [0.29, 0.717) is 34.1 Å². The molecule has 0 aliphatic carbocycles. The average Bonchev–Trinajstić information content (AvgIpc) is 2.61. The summed E-state index contributed by atoms with van der Waals surface area (Å²) in [7, 11) is 0. The Morgan fingerprint density at radius 3 is 2.29 bits per heavy atom. The lowest BCUT2D eigenvalue weighted by Crippen LogP contribution is -2.28. The van der Waals surface area contributed by atoms with E-state index < -0.39 is 42.3 Å². The highest BCUT2D eigenvalue weighted by atomic mass is 19.4. The van der Waals surface area contributed by atoms with Gasteiger partial charge in [0.25, 0.3) is 11.5 Å². The van der Waals surface area contributed by atoms with Gasteiger partial charge >= 0.3 is 12.1 Å². The van der Waals surface area contributed by atoms with Gasteiger partial charge in [0.05, 0.1) is 5.56 Å². The van der Waals surface area contributed by atoms with E-state index in [1.807, 2.05) is 0 Å². The summed E-state index contributed by atoms with van der Waals surface area (Å²) >= 11 is 0. The van der Waals surface area contributed by atoms with Crippen LogP contribution in [0.15, 0.2) is 47.4 Å². The van der Waals surface area contributed by atoms with Crippen molar-refractivity contribution in [2.75, 3.05) is 11.9 Å². The Balaban J connectivity index is 1.91. The number of nitrogens with zero attached hydrogens (tertiary/aromatic N) is 1. The van der Waals surface area contributed by atoms with Crippen molar-refractivity contribution in [3.05, 3.63) is 64.1 Å². The fourth-order valence-electron chi connectivity index (χ4n) is 2.14. The zero-order valence-electron chi connectivity index (χ0n) is 14.6. The molecule has 0 bridgehead atoms. The number of rotatable bonds is 6. The van der Waals surface area contributed by atoms with Gasteiger partial charge in [0.15, 0.2) is 12.4 Å². The Morgan fingerprint density at radius 2 is 1.71 bits per heavy atom. The number of amides is 1. The summed E-state index contributed by atoms with van der Waals surface area (Å²) in [6.07, 6.45) is -4.17. The number of nitrogens with one attached hydrogen (secondary N) is 1. The van der Waals surface area contributed by atoms with Gasteiger partial charge in [-0.3, -0.25) is 19.2 Å². The van der Waals surface area contributed by atoms with Gasteiger partial charge in [-0.1, -0.05) is 0 Å². The molecule has 1 heterocycles. The van der Waals surface area contributed by atoms with Crippen molar-refractivity contribution in [3.8, 4) is 0 Å². The summed E-state index contributed by atoms with van der Waals surface area (Å²) in [5.74, 6) is -1.89. The zero-order valence-corrected chi connectivity index (χ0v) is 14.6. The van der Waals surface area contributed by atoms with Crippen LogP contribution in [-0.2, 0) is 27.0 Å². The lowest BCUT2D eigenvalue weighted by atomic mass is 10.1. The van der Waals surface area contributed by atoms with E-state index in [2.05, 4.69) is 10.1 Å².